The first-order valence-corrected chi connectivity index (χ1v) is 7.80. The first-order chi connectivity index (χ1) is 10.4. The van der Waals surface area contributed by atoms with Crippen molar-refractivity contribution >= 4 is 17.5 Å². The summed E-state index contributed by atoms with van der Waals surface area (Å²) in [5.41, 5.74) is 1.86. The molecule has 4 rings (SSSR count). The lowest BCUT2D eigenvalue weighted by atomic mass is 9.69. The Labute approximate surface area is 130 Å². The zero-order valence-electron chi connectivity index (χ0n) is 11.6. The number of amides is 1. The Morgan fingerprint density at radius 1 is 1.23 bits per heavy atom. The Morgan fingerprint density at radius 3 is 2.68 bits per heavy atom. The molecular weight excluding hydrogens is 317 g/mol. The van der Waals surface area contributed by atoms with E-state index in [1.807, 2.05) is 6.07 Å². The molecule has 1 aliphatic carbocycles. The van der Waals surface area contributed by atoms with E-state index in [0.29, 0.717) is 24.4 Å². The van der Waals surface area contributed by atoms with Gasteiger partial charge in [0.15, 0.2) is 0 Å². The number of hydrogen-bond donors (Lipinski definition) is 0. The fraction of sp³-hybridized carbons (Fsp3) is 0.600. The van der Waals surface area contributed by atoms with Crippen molar-refractivity contribution in [3.8, 4) is 0 Å². The summed E-state index contributed by atoms with van der Waals surface area (Å²) in [6.45, 7) is 0. The highest BCUT2D eigenvalue weighted by Crippen LogP contribution is 2.55. The van der Waals surface area contributed by atoms with Gasteiger partial charge in [0.2, 0.25) is 0 Å². The molecule has 2 bridgehead atoms. The van der Waals surface area contributed by atoms with E-state index < -0.39 is 12.1 Å². The maximum atomic E-state index is 12.9. The highest BCUT2D eigenvalue weighted by Gasteiger charge is 2.60. The van der Waals surface area contributed by atoms with Gasteiger partial charge in [-0.2, -0.15) is 13.2 Å². The standard InChI is InChI=1S/C15H14ClF3N2O/c16-12-6-2-7-9(20-12)3-1-8-10-4-5-11(13(7)8)21(10)14(22)15(17,18)19/h2,6,8,10-11,13H,1,3-5H2/t8-,10-,11+,13-/m0/s1. The second kappa shape index (κ2) is 4.60. The SMILES string of the molecule is O=C(N1[C@@H]2CC[C@H]1[C@@H]1CCc3nc(Cl)ccc3[C@@H]12)C(F)(F)F. The summed E-state index contributed by atoms with van der Waals surface area (Å²) in [7, 11) is 0. The largest absolute Gasteiger partial charge is 0.471 e. The van der Waals surface area contributed by atoms with Gasteiger partial charge in [0.1, 0.15) is 5.15 Å². The van der Waals surface area contributed by atoms with Crippen LogP contribution >= 0.6 is 11.6 Å². The van der Waals surface area contributed by atoms with Crippen molar-refractivity contribution in [2.75, 3.05) is 0 Å². The highest BCUT2D eigenvalue weighted by atomic mass is 35.5. The van der Waals surface area contributed by atoms with Crippen LogP contribution in [0.15, 0.2) is 12.1 Å². The summed E-state index contributed by atoms with van der Waals surface area (Å²) in [5.74, 6) is -1.60. The summed E-state index contributed by atoms with van der Waals surface area (Å²) < 4.78 is 38.6. The van der Waals surface area contributed by atoms with Crippen molar-refractivity contribution < 1.29 is 18.0 Å². The Kier molecular flexibility index (Phi) is 2.99. The number of nitrogens with zero attached hydrogens (tertiary/aromatic N) is 2. The summed E-state index contributed by atoms with van der Waals surface area (Å²) in [6.07, 6.45) is -2.00. The molecule has 22 heavy (non-hydrogen) atoms. The minimum absolute atomic E-state index is 0.0291. The van der Waals surface area contributed by atoms with E-state index in [9.17, 15) is 18.0 Å². The van der Waals surface area contributed by atoms with E-state index in [2.05, 4.69) is 4.98 Å². The molecule has 3 heterocycles. The van der Waals surface area contributed by atoms with E-state index in [4.69, 9.17) is 11.6 Å². The Bertz CT molecular complexity index is 648. The molecule has 0 saturated carbocycles. The molecule has 4 atom stereocenters. The fourth-order valence-electron chi connectivity index (χ4n) is 4.71. The van der Waals surface area contributed by atoms with Crippen LogP contribution < -0.4 is 0 Å². The molecule has 3 nitrogen and oxygen atoms in total. The third-order valence-electron chi connectivity index (χ3n) is 5.37. The predicted octanol–water partition coefficient (Wildman–Crippen LogP) is 3.32. The number of pyridine rings is 1. The van der Waals surface area contributed by atoms with Gasteiger partial charge in [-0.25, -0.2) is 4.98 Å². The monoisotopic (exact) mass is 330 g/mol. The molecule has 0 aromatic carbocycles. The molecule has 2 saturated heterocycles. The molecule has 0 unspecified atom stereocenters. The molecule has 1 amide bonds. The van der Waals surface area contributed by atoms with Crippen LogP contribution in [0.25, 0.3) is 0 Å². The van der Waals surface area contributed by atoms with Gasteiger partial charge in [0, 0.05) is 23.7 Å². The average Bonchev–Trinajstić information content (AvgIpc) is 3.01. The number of aryl methyl sites for hydroxylation is 1. The average molecular weight is 331 g/mol. The van der Waals surface area contributed by atoms with Crippen LogP contribution in [0.2, 0.25) is 5.15 Å². The number of carbonyl (C=O) groups is 1. The van der Waals surface area contributed by atoms with Crippen LogP contribution in [0.5, 0.6) is 0 Å². The van der Waals surface area contributed by atoms with E-state index in [-0.39, 0.29) is 23.9 Å². The van der Waals surface area contributed by atoms with E-state index >= 15 is 0 Å². The number of halogens is 4. The van der Waals surface area contributed by atoms with E-state index in [1.54, 1.807) is 6.07 Å². The topological polar surface area (TPSA) is 33.2 Å². The van der Waals surface area contributed by atoms with Crippen molar-refractivity contribution in [2.24, 2.45) is 5.92 Å². The normalized spacial score (nSPS) is 32.8. The van der Waals surface area contributed by atoms with Gasteiger partial charge in [-0.3, -0.25) is 4.79 Å². The van der Waals surface area contributed by atoms with Crippen LogP contribution in [0, 0.1) is 5.92 Å². The van der Waals surface area contributed by atoms with Crippen molar-refractivity contribution in [1.82, 2.24) is 9.88 Å². The predicted molar refractivity (Wildman–Crippen MR) is 73.5 cm³/mol. The van der Waals surface area contributed by atoms with Gasteiger partial charge < -0.3 is 4.90 Å². The van der Waals surface area contributed by atoms with Crippen molar-refractivity contribution in [2.45, 2.75) is 49.9 Å². The Morgan fingerprint density at radius 2 is 1.95 bits per heavy atom. The molecule has 2 aliphatic heterocycles. The molecule has 0 N–H and O–H groups in total. The van der Waals surface area contributed by atoms with E-state index in [1.165, 1.54) is 0 Å². The van der Waals surface area contributed by atoms with Gasteiger partial charge in [0.25, 0.3) is 0 Å². The molecule has 118 valence electrons. The molecule has 1 aromatic heterocycles. The smallest absolute Gasteiger partial charge is 0.328 e. The third-order valence-corrected chi connectivity index (χ3v) is 5.58. The number of alkyl halides is 3. The Balaban J connectivity index is 1.74. The minimum atomic E-state index is -4.80. The molecule has 2 fully saturated rings. The van der Waals surface area contributed by atoms with Crippen LogP contribution in [0.3, 0.4) is 0 Å². The number of aromatic nitrogens is 1. The van der Waals surface area contributed by atoms with Gasteiger partial charge in [-0.1, -0.05) is 17.7 Å². The lowest BCUT2D eigenvalue weighted by Gasteiger charge is -2.34. The molecular formula is C15H14ClF3N2O. The second-order valence-corrected chi connectivity index (χ2v) is 6.71. The molecule has 3 aliphatic rings. The van der Waals surface area contributed by atoms with Crippen LogP contribution in [0.1, 0.15) is 36.4 Å². The zero-order chi connectivity index (χ0) is 15.6. The second-order valence-electron chi connectivity index (χ2n) is 6.32. The highest BCUT2D eigenvalue weighted by molar-refractivity contribution is 6.29. The van der Waals surface area contributed by atoms with Gasteiger partial charge in [-0.15, -0.1) is 0 Å². The van der Waals surface area contributed by atoms with E-state index in [0.717, 1.165) is 22.6 Å². The summed E-state index contributed by atoms with van der Waals surface area (Å²) in [5, 5.41) is 0.406. The summed E-state index contributed by atoms with van der Waals surface area (Å²) in [6, 6.07) is 2.92. The van der Waals surface area contributed by atoms with Crippen LogP contribution in [0.4, 0.5) is 13.2 Å². The molecule has 0 spiro atoms. The first kappa shape index (κ1) is 14.3. The Hall–Kier alpha value is -1.30. The number of rotatable bonds is 0. The maximum absolute atomic E-state index is 12.9. The summed E-state index contributed by atoms with van der Waals surface area (Å²) in [4.78, 5) is 17.2. The number of hydrogen-bond acceptors (Lipinski definition) is 2. The third kappa shape index (κ3) is 1.89. The van der Waals surface area contributed by atoms with Gasteiger partial charge in [-0.05, 0) is 43.2 Å². The lowest BCUT2D eigenvalue weighted by molar-refractivity contribution is -0.187. The first-order valence-electron chi connectivity index (χ1n) is 7.42. The fourth-order valence-corrected chi connectivity index (χ4v) is 4.88. The number of fused-ring (bicyclic) bond motifs is 7. The minimum Gasteiger partial charge on any atom is -0.328 e. The van der Waals surface area contributed by atoms with Gasteiger partial charge >= 0.3 is 12.1 Å². The molecule has 1 aromatic rings. The lowest BCUT2D eigenvalue weighted by Crippen LogP contribution is -2.44. The maximum Gasteiger partial charge on any atom is 0.471 e. The van der Waals surface area contributed by atoms with Gasteiger partial charge in [0.05, 0.1) is 0 Å². The van der Waals surface area contributed by atoms with Crippen molar-refractivity contribution in [3.63, 3.8) is 0 Å². The number of carbonyl (C=O) groups excluding carboxylic acids is 1. The quantitative estimate of drug-likeness (QED) is 0.684. The van der Waals surface area contributed by atoms with Crippen LogP contribution in [-0.2, 0) is 11.2 Å². The summed E-state index contributed by atoms with van der Waals surface area (Å²) >= 11 is 5.91. The molecule has 7 heteroatoms. The van der Waals surface area contributed by atoms with Crippen molar-refractivity contribution in [1.29, 1.82) is 0 Å². The van der Waals surface area contributed by atoms with Crippen LogP contribution in [-0.4, -0.2) is 34.1 Å². The molecule has 0 radical (unpaired) electrons. The van der Waals surface area contributed by atoms with Crippen molar-refractivity contribution in [3.05, 3.63) is 28.5 Å². The zero-order valence-corrected chi connectivity index (χ0v) is 12.4.